The Morgan fingerprint density at radius 2 is 2.04 bits per heavy atom. The number of benzene rings is 1. The molecule has 0 aliphatic heterocycles. The summed E-state index contributed by atoms with van der Waals surface area (Å²) in [6.45, 7) is 2.12. The zero-order valence-electron chi connectivity index (χ0n) is 13.6. The number of nitrogens with zero attached hydrogens (tertiary/aromatic N) is 3. The van der Waals surface area contributed by atoms with Crippen LogP contribution in [0.4, 0.5) is 0 Å². The van der Waals surface area contributed by atoms with E-state index in [0.29, 0.717) is 11.4 Å². The second-order valence-electron chi connectivity index (χ2n) is 5.60. The van der Waals surface area contributed by atoms with Crippen LogP contribution in [0.1, 0.15) is 41.7 Å². The molecule has 0 saturated carbocycles. The van der Waals surface area contributed by atoms with Crippen LogP contribution in [0.5, 0.6) is 0 Å². The van der Waals surface area contributed by atoms with Crippen LogP contribution >= 0.6 is 0 Å². The molecule has 0 saturated heterocycles. The van der Waals surface area contributed by atoms with Gasteiger partial charge in [0.25, 0.3) is 5.91 Å². The summed E-state index contributed by atoms with van der Waals surface area (Å²) >= 11 is 0. The van der Waals surface area contributed by atoms with E-state index in [9.17, 15) is 4.79 Å². The molecule has 2 aromatic heterocycles. The highest BCUT2D eigenvalue weighted by atomic mass is 16.1. The molecular formula is C19H20N4O. The van der Waals surface area contributed by atoms with Crippen molar-refractivity contribution in [3.63, 3.8) is 0 Å². The molecular weight excluding hydrogens is 300 g/mol. The first-order valence-electron chi connectivity index (χ1n) is 8.08. The van der Waals surface area contributed by atoms with Crippen LogP contribution in [-0.2, 0) is 0 Å². The van der Waals surface area contributed by atoms with Crippen LogP contribution < -0.4 is 5.32 Å². The number of nitrogens with one attached hydrogen (secondary N) is 1. The van der Waals surface area contributed by atoms with Gasteiger partial charge in [-0.25, -0.2) is 9.97 Å². The second kappa shape index (κ2) is 7.55. The van der Waals surface area contributed by atoms with Crippen molar-refractivity contribution >= 4 is 5.91 Å². The molecule has 0 bridgehead atoms. The van der Waals surface area contributed by atoms with E-state index in [2.05, 4.69) is 22.2 Å². The summed E-state index contributed by atoms with van der Waals surface area (Å²) in [6, 6.07) is 13.6. The molecule has 3 rings (SSSR count). The minimum atomic E-state index is -0.0962. The van der Waals surface area contributed by atoms with Gasteiger partial charge in [-0.05, 0) is 24.1 Å². The Hall–Kier alpha value is -2.95. The molecule has 5 nitrogen and oxygen atoms in total. The maximum absolute atomic E-state index is 12.7. The molecule has 24 heavy (non-hydrogen) atoms. The SMILES string of the molecule is CCCC(NC(=O)c1ccnc(-n2ccnc2)c1)c1ccccc1. The Labute approximate surface area is 141 Å². The average Bonchev–Trinajstić information content (AvgIpc) is 3.17. The number of aromatic nitrogens is 3. The number of hydrogen-bond donors (Lipinski definition) is 1. The molecule has 1 atom stereocenters. The van der Waals surface area contributed by atoms with Crippen molar-refractivity contribution in [1.82, 2.24) is 19.9 Å². The van der Waals surface area contributed by atoms with Crippen LogP contribution in [0.2, 0.25) is 0 Å². The van der Waals surface area contributed by atoms with E-state index in [1.165, 1.54) is 0 Å². The maximum atomic E-state index is 12.7. The number of carbonyl (C=O) groups is 1. The van der Waals surface area contributed by atoms with Gasteiger partial charge in [-0.3, -0.25) is 9.36 Å². The second-order valence-corrected chi connectivity index (χ2v) is 5.60. The molecule has 1 aromatic carbocycles. The van der Waals surface area contributed by atoms with Gasteiger partial charge in [-0.1, -0.05) is 43.7 Å². The predicted octanol–water partition coefficient (Wildman–Crippen LogP) is 3.54. The van der Waals surface area contributed by atoms with Gasteiger partial charge in [-0.2, -0.15) is 0 Å². The van der Waals surface area contributed by atoms with E-state index < -0.39 is 0 Å². The third-order valence-corrected chi connectivity index (χ3v) is 3.86. The molecule has 5 heteroatoms. The normalized spacial score (nSPS) is 11.9. The summed E-state index contributed by atoms with van der Waals surface area (Å²) < 4.78 is 1.78. The van der Waals surface area contributed by atoms with Gasteiger partial charge >= 0.3 is 0 Å². The van der Waals surface area contributed by atoms with Gasteiger partial charge in [-0.15, -0.1) is 0 Å². The van der Waals surface area contributed by atoms with Gasteiger partial charge < -0.3 is 5.32 Å². The van der Waals surface area contributed by atoms with E-state index in [0.717, 1.165) is 18.4 Å². The first-order valence-corrected chi connectivity index (χ1v) is 8.08. The summed E-state index contributed by atoms with van der Waals surface area (Å²) in [5, 5.41) is 3.13. The van der Waals surface area contributed by atoms with Gasteiger partial charge in [0.2, 0.25) is 0 Å². The lowest BCUT2D eigenvalue weighted by atomic mass is 10.0. The zero-order chi connectivity index (χ0) is 16.8. The minimum Gasteiger partial charge on any atom is -0.345 e. The molecule has 0 radical (unpaired) electrons. The van der Waals surface area contributed by atoms with Crippen molar-refractivity contribution in [2.24, 2.45) is 0 Å². The molecule has 1 N–H and O–H groups in total. The molecule has 0 aliphatic rings. The van der Waals surface area contributed by atoms with Crippen LogP contribution in [0, 0.1) is 0 Å². The van der Waals surface area contributed by atoms with Crippen molar-refractivity contribution in [2.75, 3.05) is 0 Å². The van der Waals surface area contributed by atoms with E-state index in [-0.39, 0.29) is 11.9 Å². The van der Waals surface area contributed by atoms with Crippen LogP contribution in [0.25, 0.3) is 5.82 Å². The Morgan fingerprint density at radius 1 is 1.21 bits per heavy atom. The van der Waals surface area contributed by atoms with Crippen molar-refractivity contribution in [1.29, 1.82) is 0 Å². The highest BCUT2D eigenvalue weighted by molar-refractivity contribution is 5.94. The fourth-order valence-corrected chi connectivity index (χ4v) is 2.63. The van der Waals surface area contributed by atoms with Gasteiger partial charge in [0, 0.05) is 24.2 Å². The van der Waals surface area contributed by atoms with E-state index in [1.54, 1.807) is 41.6 Å². The highest BCUT2D eigenvalue weighted by Gasteiger charge is 2.15. The van der Waals surface area contributed by atoms with Crippen LogP contribution in [0.3, 0.4) is 0 Å². The van der Waals surface area contributed by atoms with Crippen molar-refractivity contribution in [3.05, 3.63) is 78.5 Å². The first kappa shape index (κ1) is 15.9. The summed E-state index contributed by atoms with van der Waals surface area (Å²) in [6.07, 6.45) is 8.68. The van der Waals surface area contributed by atoms with Crippen LogP contribution in [-0.4, -0.2) is 20.4 Å². The first-order chi connectivity index (χ1) is 11.8. The van der Waals surface area contributed by atoms with E-state index in [1.807, 2.05) is 30.3 Å². The number of pyridine rings is 1. The monoisotopic (exact) mass is 320 g/mol. The third kappa shape index (κ3) is 3.68. The summed E-state index contributed by atoms with van der Waals surface area (Å²) in [5.41, 5.74) is 1.71. The Kier molecular flexibility index (Phi) is 5.01. The minimum absolute atomic E-state index is 0.00793. The standard InChI is InChI=1S/C19H20N4O/c1-2-6-17(15-7-4-3-5-8-15)22-19(24)16-9-10-21-18(13-16)23-12-11-20-14-23/h3-5,7-14,17H,2,6H2,1H3,(H,22,24). The van der Waals surface area contributed by atoms with Gasteiger partial charge in [0.15, 0.2) is 0 Å². The molecule has 122 valence electrons. The third-order valence-electron chi connectivity index (χ3n) is 3.86. The van der Waals surface area contributed by atoms with Crippen molar-refractivity contribution in [2.45, 2.75) is 25.8 Å². The smallest absolute Gasteiger partial charge is 0.251 e. The van der Waals surface area contributed by atoms with Crippen LogP contribution in [0.15, 0.2) is 67.4 Å². The van der Waals surface area contributed by atoms with E-state index >= 15 is 0 Å². The molecule has 2 heterocycles. The fourth-order valence-electron chi connectivity index (χ4n) is 2.63. The molecule has 3 aromatic rings. The Morgan fingerprint density at radius 3 is 2.75 bits per heavy atom. The Balaban J connectivity index is 1.79. The molecule has 0 aliphatic carbocycles. The van der Waals surface area contributed by atoms with Crippen molar-refractivity contribution in [3.8, 4) is 5.82 Å². The predicted molar refractivity (Wildman–Crippen MR) is 92.9 cm³/mol. The topological polar surface area (TPSA) is 59.8 Å². The quantitative estimate of drug-likeness (QED) is 0.756. The molecule has 0 fully saturated rings. The summed E-state index contributed by atoms with van der Waals surface area (Å²) in [4.78, 5) is 21.0. The number of rotatable bonds is 6. The number of amides is 1. The average molecular weight is 320 g/mol. The number of carbonyl (C=O) groups excluding carboxylic acids is 1. The Bertz CT molecular complexity index is 784. The lowest BCUT2D eigenvalue weighted by Gasteiger charge is -2.19. The number of hydrogen-bond acceptors (Lipinski definition) is 3. The van der Waals surface area contributed by atoms with Crippen molar-refractivity contribution < 1.29 is 4.79 Å². The lowest BCUT2D eigenvalue weighted by Crippen LogP contribution is -2.28. The molecule has 1 amide bonds. The maximum Gasteiger partial charge on any atom is 0.251 e. The summed E-state index contributed by atoms with van der Waals surface area (Å²) in [7, 11) is 0. The van der Waals surface area contributed by atoms with E-state index in [4.69, 9.17) is 0 Å². The number of imidazole rings is 1. The largest absolute Gasteiger partial charge is 0.345 e. The fraction of sp³-hybridized carbons (Fsp3) is 0.211. The highest BCUT2D eigenvalue weighted by Crippen LogP contribution is 2.19. The van der Waals surface area contributed by atoms with Gasteiger partial charge in [0.1, 0.15) is 12.1 Å². The molecule has 1 unspecified atom stereocenters. The zero-order valence-corrected chi connectivity index (χ0v) is 13.6. The lowest BCUT2D eigenvalue weighted by molar-refractivity contribution is 0.0934. The molecule has 0 spiro atoms. The summed E-state index contributed by atoms with van der Waals surface area (Å²) in [5.74, 6) is 0.577. The van der Waals surface area contributed by atoms with Gasteiger partial charge in [0.05, 0.1) is 6.04 Å².